The van der Waals surface area contributed by atoms with Gasteiger partial charge in [-0.25, -0.2) is 4.00 Å². The first-order chi connectivity index (χ1) is 3.68. The lowest BCUT2D eigenvalue weighted by atomic mass is 10.5. The normalized spacial score (nSPS) is 10.7. The number of rotatable bonds is 3. The van der Waals surface area contributed by atoms with Crippen molar-refractivity contribution < 1.29 is 4.00 Å². The SMILES string of the molecule is CC[N+](Cl)(CC)CC.Cl. The van der Waals surface area contributed by atoms with E-state index in [-0.39, 0.29) is 12.4 Å². The second-order valence-electron chi connectivity index (χ2n) is 1.98. The van der Waals surface area contributed by atoms with Gasteiger partial charge in [-0.2, -0.15) is 0 Å². The zero-order chi connectivity index (χ0) is 6.62. The Morgan fingerprint density at radius 3 is 1.22 bits per heavy atom. The summed E-state index contributed by atoms with van der Waals surface area (Å²) in [4.78, 5) is 0. The molecule has 9 heavy (non-hydrogen) atoms. The summed E-state index contributed by atoms with van der Waals surface area (Å²) < 4.78 is 0.681. The summed E-state index contributed by atoms with van der Waals surface area (Å²) in [7, 11) is 0. The molecule has 0 spiro atoms. The van der Waals surface area contributed by atoms with Crippen molar-refractivity contribution in [1.29, 1.82) is 0 Å². The molecule has 0 amide bonds. The molecule has 0 N–H and O–H groups in total. The van der Waals surface area contributed by atoms with Gasteiger partial charge in [-0.1, -0.05) is 0 Å². The summed E-state index contributed by atoms with van der Waals surface area (Å²) in [6.07, 6.45) is 0. The summed E-state index contributed by atoms with van der Waals surface area (Å²) in [5.74, 6) is 0. The molecule has 0 aliphatic rings. The molecule has 0 rings (SSSR count). The Bertz CT molecular complexity index is 53.8. The van der Waals surface area contributed by atoms with Gasteiger partial charge in [-0.3, -0.25) is 0 Å². The molecule has 0 aromatic rings. The lowest BCUT2D eigenvalue weighted by Gasteiger charge is -2.23. The second-order valence-corrected chi connectivity index (χ2v) is 2.70. The van der Waals surface area contributed by atoms with Gasteiger partial charge in [-0.05, 0) is 20.8 Å². The van der Waals surface area contributed by atoms with Crippen molar-refractivity contribution in [3.05, 3.63) is 0 Å². The fourth-order valence-electron chi connectivity index (χ4n) is 0.671. The van der Waals surface area contributed by atoms with E-state index >= 15 is 0 Å². The van der Waals surface area contributed by atoms with Crippen LogP contribution < -0.4 is 0 Å². The largest absolute Gasteiger partial charge is 0.223 e. The van der Waals surface area contributed by atoms with Gasteiger partial charge in [0.25, 0.3) is 0 Å². The van der Waals surface area contributed by atoms with Crippen molar-refractivity contribution >= 4 is 24.2 Å². The first kappa shape index (κ1) is 12.2. The van der Waals surface area contributed by atoms with Gasteiger partial charge in [0.1, 0.15) is 0 Å². The van der Waals surface area contributed by atoms with Crippen LogP contribution in [0.5, 0.6) is 0 Å². The number of hydrogen-bond donors (Lipinski definition) is 0. The molecule has 0 aromatic heterocycles. The third-order valence-electron chi connectivity index (χ3n) is 1.70. The number of hydrogen-bond acceptors (Lipinski definition) is 0. The van der Waals surface area contributed by atoms with Crippen molar-refractivity contribution in [2.75, 3.05) is 19.6 Å². The molecule has 0 heterocycles. The Kier molecular flexibility index (Phi) is 7.25. The highest BCUT2D eigenvalue weighted by molar-refractivity contribution is 6.06. The summed E-state index contributed by atoms with van der Waals surface area (Å²) in [6, 6.07) is 0. The first-order valence-electron chi connectivity index (χ1n) is 3.24. The molecule has 0 fully saturated rings. The summed E-state index contributed by atoms with van der Waals surface area (Å²) in [6.45, 7) is 9.40. The molecule has 0 unspecified atom stereocenters. The smallest absolute Gasteiger partial charge is 0.165 e. The highest BCUT2D eigenvalue weighted by Crippen LogP contribution is 2.08. The summed E-state index contributed by atoms with van der Waals surface area (Å²) >= 11 is 6.03. The maximum absolute atomic E-state index is 6.03. The molecule has 0 radical (unpaired) electrons. The van der Waals surface area contributed by atoms with E-state index in [4.69, 9.17) is 11.8 Å². The van der Waals surface area contributed by atoms with Crippen LogP contribution in [0.4, 0.5) is 0 Å². The molecule has 0 saturated heterocycles. The van der Waals surface area contributed by atoms with Crippen LogP contribution in [-0.2, 0) is 0 Å². The lowest BCUT2D eigenvalue weighted by Crippen LogP contribution is -2.37. The maximum Gasteiger partial charge on any atom is 0.165 e. The van der Waals surface area contributed by atoms with E-state index in [1.165, 1.54) is 0 Å². The minimum atomic E-state index is 0. The molecule has 0 bridgehead atoms. The number of quaternary nitrogens is 1. The molecule has 0 atom stereocenters. The fraction of sp³-hybridized carbons (Fsp3) is 1.00. The Labute approximate surface area is 69.1 Å². The van der Waals surface area contributed by atoms with Crippen LogP contribution in [-0.4, -0.2) is 23.6 Å². The van der Waals surface area contributed by atoms with Crippen LogP contribution in [0.2, 0.25) is 0 Å². The molecule has 0 aliphatic heterocycles. The van der Waals surface area contributed by atoms with Crippen LogP contribution in [0.1, 0.15) is 20.8 Å². The highest BCUT2D eigenvalue weighted by atomic mass is 35.5. The van der Waals surface area contributed by atoms with Gasteiger partial charge in [0.05, 0.1) is 19.6 Å². The lowest BCUT2D eigenvalue weighted by molar-refractivity contribution is -0.809. The van der Waals surface area contributed by atoms with Crippen LogP contribution in [0.25, 0.3) is 0 Å². The molecular weight excluding hydrogens is 157 g/mol. The van der Waals surface area contributed by atoms with E-state index in [1.807, 2.05) is 0 Å². The van der Waals surface area contributed by atoms with Crippen molar-refractivity contribution in [3.8, 4) is 0 Å². The predicted octanol–water partition coefficient (Wildman–Crippen LogP) is 2.44. The van der Waals surface area contributed by atoms with E-state index in [0.29, 0.717) is 4.00 Å². The van der Waals surface area contributed by atoms with Crippen LogP contribution >= 0.6 is 24.2 Å². The molecule has 1 nitrogen and oxygen atoms in total. The Hall–Kier alpha value is 0.540. The highest BCUT2D eigenvalue weighted by Gasteiger charge is 2.16. The van der Waals surface area contributed by atoms with Gasteiger partial charge in [-0.15, -0.1) is 12.4 Å². The van der Waals surface area contributed by atoms with E-state index in [2.05, 4.69) is 20.8 Å². The van der Waals surface area contributed by atoms with Gasteiger partial charge in [0.15, 0.2) is 11.8 Å². The van der Waals surface area contributed by atoms with Gasteiger partial charge in [0, 0.05) is 0 Å². The van der Waals surface area contributed by atoms with Crippen LogP contribution in [0.15, 0.2) is 0 Å². The van der Waals surface area contributed by atoms with Crippen molar-refractivity contribution in [3.63, 3.8) is 0 Å². The monoisotopic (exact) mass is 172 g/mol. The summed E-state index contributed by atoms with van der Waals surface area (Å²) in [5.41, 5.74) is 0. The average Bonchev–Trinajstić information content (AvgIpc) is 1.87. The van der Waals surface area contributed by atoms with Gasteiger partial charge < -0.3 is 0 Å². The van der Waals surface area contributed by atoms with Crippen LogP contribution in [0, 0.1) is 0 Å². The minimum absolute atomic E-state index is 0. The standard InChI is InChI=1S/C6H15ClN.ClH/c1-4-8(7,5-2)6-3;/h4-6H2,1-3H3;1H/q+1;. The molecule has 0 aliphatic carbocycles. The van der Waals surface area contributed by atoms with Gasteiger partial charge >= 0.3 is 0 Å². The topological polar surface area (TPSA) is 0 Å². The van der Waals surface area contributed by atoms with Crippen LogP contribution in [0.3, 0.4) is 0 Å². The Morgan fingerprint density at radius 1 is 1.00 bits per heavy atom. The quantitative estimate of drug-likeness (QED) is 0.575. The van der Waals surface area contributed by atoms with Gasteiger partial charge in [0.2, 0.25) is 0 Å². The van der Waals surface area contributed by atoms with Crippen molar-refractivity contribution in [1.82, 2.24) is 0 Å². The Morgan fingerprint density at radius 2 is 1.22 bits per heavy atom. The number of halogens is 2. The van der Waals surface area contributed by atoms with Crippen molar-refractivity contribution in [2.45, 2.75) is 20.8 Å². The Balaban J connectivity index is 0. The molecule has 3 heteroatoms. The van der Waals surface area contributed by atoms with E-state index in [1.54, 1.807) is 0 Å². The minimum Gasteiger partial charge on any atom is -0.223 e. The zero-order valence-corrected chi connectivity index (χ0v) is 7.93. The van der Waals surface area contributed by atoms with Crippen molar-refractivity contribution in [2.24, 2.45) is 0 Å². The molecular formula is C6H16Cl2N+. The summed E-state index contributed by atoms with van der Waals surface area (Å²) in [5, 5.41) is 0. The second kappa shape index (κ2) is 5.33. The molecule has 58 valence electrons. The average molecular weight is 173 g/mol. The third-order valence-corrected chi connectivity index (χ3v) is 2.42. The number of nitrogens with zero attached hydrogens (tertiary/aromatic N) is 1. The first-order valence-corrected chi connectivity index (χ1v) is 3.58. The maximum atomic E-state index is 6.03. The molecule has 0 aromatic carbocycles. The van der Waals surface area contributed by atoms with E-state index in [0.717, 1.165) is 19.6 Å². The third kappa shape index (κ3) is 4.01. The molecule has 0 saturated carbocycles. The zero-order valence-electron chi connectivity index (χ0n) is 6.35. The fourth-order valence-corrected chi connectivity index (χ4v) is 0.671. The van der Waals surface area contributed by atoms with E-state index in [9.17, 15) is 0 Å². The van der Waals surface area contributed by atoms with E-state index < -0.39 is 0 Å². The predicted molar refractivity (Wildman–Crippen MR) is 45.0 cm³/mol.